The molecule has 1 heteroatoms. The molecule has 0 saturated carbocycles. The van der Waals surface area contributed by atoms with Gasteiger partial charge in [-0.25, -0.2) is 0 Å². The van der Waals surface area contributed by atoms with Crippen molar-refractivity contribution in [3.8, 4) is 11.1 Å². The van der Waals surface area contributed by atoms with E-state index in [4.69, 9.17) is 0 Å². The SMILES string of the molecule is CCNC(CC(C)C)c1ccc(-c2ccccc2)cc1. The Morgan fingerprint density at radius 3 is 2.00 bits per heavy atom. The normalized spacial score (nSPS) is 12.6. The molecule has 0 radical (unpaired) electrons. The van der Waals surface area contributed by atoms with Crippen LogP contribution in [0.5, 0.6) is 0 Å². The maximum atomic E-state index is 3.59. The summed E-state index contributed by atoms with van der Waals surface area (Å²) in [5.41, 5.74) is 3.96. The highest BCUT2D eigenvalue weighted by Crippen LogP contribution is 2.25. The van der Waals surface area contributed by atoms with E-state index in [1.807, 2.05) is 0 Å². The van der Waals surface area contributed by atoms with Crippen LogP contribution in [-0.4, -0.2) is 6.54 Å². The van der Waals surface area contributed by atoms with E-state index in [9.17, 15) is 0 Å². The van der Waals surface area contributed by atoms with Crippen LogP contribution in [0.4, 0.5) is 0 Å². The van der Waals surface area contributed by atoms with E-state index in [0.29, 0.717) is 12.0 Å². The van der Waals surface area contributed by atoms with Crippen LogP contribution < -0.4 is 5.32 Å². The van der Waals surface area contributed by atoms with Crippen LogP contribution in [0, 0.1) is 5.92 Å². The van der Waals surface area contributed by atoms with E-state index in [2.05, 4.69) is 80.7 Å². The Balaban J connectivity index is 2.17. The number of hydrogen-bond acceptors (Lipinski definition) is 1. The van der Waals surface area contributed by atoms with Crippen LogP contribution in [0.15, 0.2) is 54.6 Å². The average molecular weight is 267 g/mol. The second-order valence-corrected chi connectivity index (χ2v) is 5.73. The largest absolute Gasteiger partial charge is 0.310 e. The molecule has 20 heavy (non-hydrogen) atoms. The van der Waals surface area contributed by atoms with Crippen molar-refractivity contribution in [3.05, 3.63) is 60.2 Å². The lowest BCUT2D eigenvalue weighted by atomic mass is 9.95. The lowest BCUT2D eigenvalue weighted by molar-refractivity contribution is 0.438. The van der Waals surface area contributed by atoms with Crippen LogP contribution >= 0.6 is 0 Å². The summed E-state index contributed by atoms with van der Waals surface area (Å²) in [4.78, 5) is 0. The van der Waals surface area contributed by atoms with Crippen molar-refractivity contribution >= 4 is 0 Å². The maximum absolute atomic E-state index is 3.59. The van der Waals surface area contributed by atoms with Crippen LogP contribution in [0.1, 0.15) is 38.8 Å². The molecule has 0 aliphatic carbocycles. The molecule has 2 rings (SSSR count). The van der Waals surface area contributed by atoms with Crippen molar-refractivity contribution in [1.82, 2.24) is 5.32 Å². The second kappa shape index (κ2) is 7.25. The highest BCUT2D eigenvalue weighted by molar-refractivity contribution is 5.63. The lowest BCUT2D eigenvalue weighted by Gasteiger charge is -2.20. The number of hydrogen-bond donors (Lipinski definition) is 1. The van der Waals surface area contributed by atoms with Crippen molar-refractivity contribution in [2.75, 3.05) is 6.54 Å². The summed E-state index contributed by atoms with van der Waals surface area (Å²) in [6.45, 7) is 7.74. The Morgan fingerprint density at radius 2 is 1.45 bits per heavy atom. The van der Waals surface area contributed by atoms with Crippen LogP contribution in [0.25, 0.3) is 11.1 Å². The third-order valence-corrected chi connectivity index (χ3v) is 3.58. The Hall–Kier alpha value is -1.60. The molecule has 2 aromatic rings. The molecular weight excluding hydrogens is 242 g/mol. The molecule has 0 aliphatic rings. The van der Waals surface area contributed by atoms with Gasteiger partial charge in [0.1, 0.15) is 0 Å². The van der Waals surface area contributed by atoms with Crippen molar-refractivity contribution in [1.29, 1.82) is 0 Å². The zero-order valence-electron chi connectivity index (χ0n) is 12.8. The Morgan fingerprint density at radius 1 is 0.850 bits per heavy atom. The third kappa shape index (κ3) is 3.94. The summed E-state index contributed by atoms with van der Waals surface area (Å²) in [6.07, 6.45) is 1.18. The lowest BCUT2D eigenvalue weighted by Crippen LogP contribution is -2.22. The number of rotatable bonds is 6. The summed E-state index contributed by atoms with van der Waals surface area (Å²) in [5, 5.41) is 3.59. The fourth-order valence-corrected chi connectivity index (χ4v) is 2.59. The molecule has 0 spiro atoms. The molecule has 1 nitrogen and oxygen atoms in total. The maximum Gasteiger partial charge on any atom is 0.0322 e. The minimum atomic E-state index is 0.463. The highest BCUT2D eigenvalue weighted by Gasteiger charge is 2.12. The van der Waals surface area contributed by atoms with Crippen LogP contribution in [-0.2, 0) is 0 Å². The molecule has 1 N–H and O–H groups in total. The van der Waals surface area contributed by atoms with Gasteiger partial charge in [-0.15, -0.1) is 0 Å². The van der Waals surface area contributed by atoms with Gasteiger partial charge in [0.2, 0.25) is 0 Å². The van der Waals surface area contributed by atoms with Crippen LogP contribution in [0.3, 0.4) is 0 Å². The zero-order chi connectivity index (χ0) is 14.4. The molecule has 0 heterocycles. The zero-order valence-corrected chi connectivity index (χ0v) is 12.8. The first kappa shape index (κ1) is 14.8. The fraction of sp³-hybridized carbons (Fsp3) is 0.368. The molecular formula is C19H25N. The Labute approximate surface area is 123 Å². The Bertz CT molecular complexity index is 499. The van der Waals surface area contributed by atoms with Gasteiger partial charge in [-0.05, 0) is 35.6 Å². The topological polar surface area (TPSA) is 12.0 Å². The summed E-state index contributed by atoms with van der Waals surface area (Å²) < 4.78 is 0. The first-order valence-corrected chi connectivity index (χ1v) is 7.59. The standard InChI is InChI=1S/C19H25N/c1-4-20-19(14-15(2)3)18-12-10-17(11-13-18)16-8-6-5-7-9-16/h5-13,15,19-20H,4,14H2,1-3H3. The van der Waals surface area contributed by atoms with Gasteiger partial charge < -0.3 is 5.32 Å². The van der Waals surface area contributed by atoms with Gasteiger partial charge in [0, 0.05) is 6.04 Å². The first-order chi connectivity index (χ1) is 9.70. The smallest absolute Gasteiger partial charge is 0.0322 e. The van der Waals surface area contributed by atoms with Crippen molar-refractivity contribution in [2.45, 2.75) is 33.2 Å². The molecule has 0 saturated heterocycles. The van der Waals surface area contributed by atoms with E-state index < -0.39 is 0 Å². The summed E-state index contributed by atoms with van der Waals surface area (Å²) in [7, 11) is 0. The predicted molar refractivity (Wildman–Crippen MR) is 87.8 cm³/mol. The minimum absolute atomic E-state index is 0.463. The quantitative estimate of drug-likeness (QED) is 0.772. The van der Waals surface area contributed by atoms with Crippen molar-refractivity contribution < 1.29 is 0 Å². The highest BCUT2D eigenvalue weighted by atomic mass is 14.9. The molecule has 0 aromatic heterocycles. The summed E-state index contributed by atoms with van der Waals surface area (Å²) >= 11 is 0. The Kier molecular flexibility index (Phi) is 5.37. The first-order valence-electron chi connectivity index (χ1n) is 7.59. The molecule has 2 aromatic carbocycles. The monoisotopic (exact) mass is 267 g/mol. The van der Waals surface area contributed by atoms with Gasteiger partial charge in [-0.3, -0.25) is 0 Å². The van der Waals surface area contributed by atoms with E-state index in [0.717, 1.165) is 6.54 Å². The summed E-state index contributed by atoms with van der Waals surface area (Å²) in [6, 6.07) is 20.0. The number of nitrogens with one attached hydrogen (secondary N) is 1. The molecule has 1 unspecified atom stereocenters. The van der Waals surface area contributed by atoms with Crippen molar-refractivity contribution in [3.63, 3.8) is 0 Å². The fourth-order valence-electron chi connectivity index (χ4n) is 2.59. The van der Waals surface area contributed by atoms with Gasteiger partial charge in [0.25, 0.3) is 0 Å². The average Bonchev–Trinajstić information content (AvgIpc) is 2.47. The number of benzene rings is 2. The van der Waals surface area contributed by atoms with Crippen molar-refractivity contribution in [2.24, 2.45) is 5.92 Å². The predicted octanol–water partition coefficient (Wildman–Crippen LogP) is 5.05. The van der Waals surface area contributed by atoms with E-state index >= 15 is 0 Å². The van der Waals surface area contributed by atoms with Gasteiger partial charge in [0.15, 0.2) is 0 Å². The van der Waals surface area contributed by atoms with Crippen LogP contribution in [0.2, 0.25) is 0 Å². The molecule has 0 fully saturated rings. The van der Waals surface area contributed by atoms with E-state index in [1.54, 1.807) is 0 Å². The molecule has 0 aliphatic heterocycles. The third-order valence-electron chi connectivity index (χ3n) is 3.58. The summed E-state index contributed by atoms with van der Waals surface area (Å²) in [5.74, 6) is 0.702. The van der Waals surface area contributed by atoms with Gasteiger partial charge in [-0.2, -0.15) is 0 Å². The molecule has 1 atom stereocenters. The molecule has 0 bridgehead atoms. The second-order valence-electron chi connectivity index (χ2n) is 5.73. The van der Waals surface area contributed by atoms with Gasteiger partial charge >= 0.3 is 0 Å². The van der Waals surface area contributed by atoms with Gasteiger partial charge in [0.05, 0.1) is 0 Å². The van der Waals surface area contributed by atoms with E-state index in [1.165, 1.54) is 23.1 Å². The molecule has 0 amide bonds. The van der Waals surface area contributed by atoms with E-state index in [-0.39, 0.29) is 0 Å². The minimum Gasteiger partial charge on any atom is -0.310 e. The van der Waals surface area contributed by atoms with Gasteiger partial charge in [-0.1, -0.05) is 75.4 Å². The molecule has 106 valence electrons.